The fourth-order valence-corrected chi connectivity index (χ4v) is 3.57. The summed E-state index contributed by atoms with van der Waals surface area (Å²) in [5, 5.41) is 7.81. The Labute approximate surface area is 155 Å². The van der Waals surface area contributed by atoms with Crippen LogP contribution < -0.4 is 15.2 Å². The molecule has 0 aliphatic heterocycles. The van der Waals surface area contributed by atoms with Gasteiger partial charge in [0.15, 0.2) is 6.10 Å². The lowest BCUT2D eigenvalue weighted by atomic mass is 10.2. The number of sulfonamides is 1. The van der Waals surface area contributed by atoms with Crippen molar-refractivity contribution >= 4 is 37.5 Å². The first-order valence-corrected chi connectivity index (χ1v) is 9.79. The van der Waals surface area contributed by atoms with E-state index in [1.54, 1.807) is 32.0 Å². The van der Waals surface area contributed by atoms with E-state index in [4.69, 9.17) is 9.88 Å². The van der Waals surface area contributed by atoms with Crippen LogP contribution in [0, 0.1) is 13.8 Å². The number of carbonyl (C=O) groups excluding carboxylic acids is 1. The summed E-state index contributed by atoms with van der Waals surface area (Å²) in [5.41, 5.74) is 1.90. The molecule has 25 heavy (non-hydrogen) atoms. The number of nitrogens with one attached hydrogen (secondary N) is 1. The lowest BCUT2D eigenvalue weighted by Crippen LogP contribution is -2.30. The zero-order valence-corrected chi connectivity index (χ0v) is 16.4. The summed E-state index contributed by atoms with van der Waals surface area (Å²) in [4.78, 5) is 12.3. The Bertz CT molecular complexity index is 913. The minimum Gasteiger partial charge on any atom is -0.480 e. The van der Waals surface area contributed by atoms with Gasteiger partial charge in [0.05, 0.1) is 9.37 Å². The molecule has 2 aromatic carbocycles. The molecule has 1 atom stereocenters. The van der Waals surface area contributed by atoms with E-state index in [1.165, 1.54) is 6.07 Å². The Morgan fingerprint density at radius 3 is 2.48 bits per heavy atom. The van der Waals surface area contributed by atoms with Gasteiger partial charge in [0.25, 0.3) is 5.91 Å². The Balaban J connectivity index is 2.14. The summed E-state index contributed by atoms with van der Waals surface area (Å²) in [6.07, 6.45) is -0.779. The van der Waals surface area contributed by atoms with Crippen molar-refractivity contribution in [1.29, 1.82) is 0 Å². The average Bonchev–Trinajstić information content (AvgIpc) is 2.50. The smallest absolute Gasteiger partial charge is 0.265 e. The van der Waals surface area contributed by atoms with Crippen molar-refractivity contribution in [2.75, 3.05) is 5.32 Å². The van der Waals surface area contributed by atoms with E-state index in [-0.39, 0.29) is 4.90 Å². The van der Waals surface area contributed by atoms with Crippen LogP contribution in [0.4, 0.5) is 5.69 Å². The topological polar surface area (TPSA) is 98.5 Å². The number of primary sulfonamides is 1. The van der Waals surface area contributed by atoms with Crippen molar-refractivity contribution in [3.05, 3.63) is 52.0 Å². The third-order valence-electron chi connectivity index (χ3n) is 3.52. The molecule has 2 rings (SSSR count). The van der Waals surface area contributed by atoms with Gasteiger partial charge in [-0.25, -0.2) is 13.6 Å². The number of aryl methyl sites for hydroxylation is 2. The number of ether oxygens (including phenoxy) is 1. The molecule has 0 aliphatic carbocycles. The summed E-state index contributed by atoms with van der Waals surface area (Å²) in [6, 6.07) is 10.1. The maximum Gasteiger partial charge on any atom is 0.265 e. The fourth-order valence-electron chi connectivity index (χ4n) is 2.17. The van der Waals surface area contributed by atoms with Gasteiger partial charge in [-0.15, -0.1) is 0 Å². The van der Waals surface area contributed by atoms with Crippen LogP contribution in [-0.2, 0) is 14.8 Å². The largest absolute Gasteiger partial charge is 0.480 e. The molecule has 1 unspecified atom stereocenters. The zero-order chi connectivity index (χ0) is 18.8. The highest BCUT2D eigenvalue weighted by Gasteiger charge is 2.18. The number of anilines is 1. The maximum atomic E-state index is 12.3. The minimum atomic E-state index is -3.86. The van der Waals surface area contributed by atoms with Crippen LogP contribution in [-0.4, -0.2) is 20.4 Å². The van der Waals surface area contributed by atoms with Crippen molar-refractivity contribution in [1.82, 2.24) is 0 Å². The second-order valence-corrected chi connectivity index (χ2v) is 8.09. The lowest BCUT2D eigenvalue weighted by Gasteiger charge is -2.16. The van der Waals surface area contributed by atoms with E-state index < -0.39 is 22.0 Å². The summed E-state index contributed by atoms with van der Waals surface area (Å²) in [6.45, 7) is 5.19. The van der Waals surface area contributed by atoms with Gasteiger partial charge < -0.3 is 10.1 Å². The van der Waals surface area contributed by atoms with Gasteiger partial charge in [-0.2, -0.15) is 0 Å². The van der Waals surface area contributed by atoms with Crippen LogP contribution in [0.15, 0.2) is 45.8 Å². The number of carbonyl (C=O) groups is 1. The Morgan fingerprint density at radius 2 is 1.88 bits per heavy atom. The lowest BCUT2D eigenvalue weighted by molar-refractivity contribution is -0.122. The predicted octanol–water partition coefficient (Wildman–Crippen LogP) is 3.12. The number of halogens is 1. The highest BCUT2D eigenvalue weighted by atomic mass is 79.9. The summed E-state index contributed by atoms with van der Waals surface area (Å²) in [7, 11) is -3.86. The van der Waals surface area contributed by atoms with Crippen molar-refractivity contribution < 1.29 is 17.9 Å². The molecule has 0 aliphatic rings. The fraction of sp³-hybridized carbons (Fsp3) is 0.235. The monoisotopic (exact) mass is 426 g/mol. The third kappa shape index (κ3) is 5.04. The summed E-state index contributed by atoms with van der Waals surface area (Å²) >= 11 is 3.39. The van der Waals surface area contributed by atoms with Gasteiger partial charge in [-0.1, -0.05) is 12.1 Å². The SMILES string of the molecule is Cc1ccc(OC(C)C(=O)Nc2ccc(C)c(S(N)(=O)=O)c2)c(Br)c1. The number of hydrogen-bond acceptors (Lipinski definition) is 4. The molecule has 2 aromatic rings. The first-order valence-electron chi connectivity index (χ1n) is 7.45. The Kier molecular flexibility index (Phi) is 5.87. The van der Waals surface area contributed by atoms with Gasteiger partial charge in [-0.3, -0.25) is 4.79 Å². The van der Waals surface area contributed by atoms with Crippen molar-refractivity contribution in [3.63, 3.8) is 0 Å². The first kappa shape index (κ1) is 19.4. The summed E-state index contributed by atoms with van der Waals surface area (Å²) in [5.74, 6) is 0.138. The van der Waals surface area contributed by atoms with Crippen LogP contribution in [0.2, 0.25) is 0 Å². The Morgan fingerprint density at radius 1 is 1.20 bits per heavy atom. The molecular formula is C17H19BrN2O4S. The summed E-state index contributed by atoms with van der Waals surface area (Å²) < 4.78 is 29.5. The normalized spacial score (nSPS) is 12.5. The van der Waals surface area contributed by atoms with E-state index >= 15 is 0 Å². The molecule has 0 bridgehead atoms. The van der Waals surface area contributed by atoms with Crippen molar-refractivity contribution in [3.8, 4) is 5.75 Å². The van der Waals surface area contributed by atoms with Crippen molar-refractivity contribution in [2.45, 2.75) is 31.8 Å². The molecule has 134 valence electrons. The second kappa shape index (κ2) is 7.55. The minimum absolute atomic E-state index is 0.0276. The number of rotatable bonds is 5. The number of nitrogens with two attached hydrogens (primary N) is 1. The molecule has 0 saturated carbocycles. The van der Waals surface area contributed by atoms with Gasteiger partial charge in [0.2, 0.25) is 10.0 Å². The average molecular weight is 427 g/mol. The quantitative estimate of drug-likeness (QED) is 0.766. The molecular weight excluding hydrogens is 408 g/mol. The highest BCUT2D eigenvalue weighted by Crippen LogP contribution is 2.27. The van der Waals surface area contributed by atoms with Gasteiger partial charge in [-0.05, 0) is 72.1 Å². The zero-order valence-electron chi connectivity index (χ0n) is 14.0. The number of benzene rings is 2. The molecule has 0 fully saturated rings. The van der Waals surface area contributed by atoms with E-state index in [0.29, 0.717) is 17.0 Å². The molecule has 0 saturated heterocycles. The maximum absolute atomic E-state index is 12.3. The van der Waals surface area contributed by atoms with Crippen LogP contribution in [0.1, 0.15) is 18.1 Å². The predicted molar refractivity (Wildman–Crippen MR) is 100 cm³/mol. The standard InChI is InChI=1S/C17H19BrN2O4S/c1-10-4-7-15(14(18)8-10)24-12(3)17(21)20-13-6-5-11(2)16(9-13)25(19,22)23/h4-9,12H,1-3H3,(H,20,21)(H2,19,22,23). The first-order chi connectivity index (χ1) is 11.6. The van der Waals surface area contributed by atoms with E-state index in [0.717, 1.165) is 10.0 Å². The molecule has 0 radical (unpaired) electrons. The third-order valence-corrected chi connectivity index (χ3v) is 5.20. The molecule has 8 heteroatoms. The number of amides is 1. The molecule has 1 amide bonds. The van der Waals surface area contributed by atoms with Crippen LogP contribution in [0.25, 0.3) is 0 Å². The number of hydrogen-bond donors (Lipinski definition) is 2. The van der Waals surface area contributed by atoms with Crippen LogP contribution in [0.5, 0.6) is 5.75 Å². The molecule has 6 nitrogen and oxygen atoms in total. The highest BCUT2D eigenvalue weighted by molar-refractivity contribution is 9.10. The Hall–Kier alpha value is -1.90. The second-order valence-electron chi connectivity index (χ2n) is 5.71. The van der Waals surface area contributed by atoms with E-state index in [9.17, 15) is 13.2 Å². The van der Waals surface area contributed by atoms with Gasteiger partial charge in [0.1, 0.15) is 5.75 Å². The molecule has 3 N–H and O–H groups in total. The van der Waals surface area contributed by atoms with Crippen molar-refractivity contribution in [2.24, 2.45) is 5.14 Å². The molecule has 0 aromatic heterocycles. The van der Waals surface area contributed by atoms with Crippen LogP contribution in [0.3, 0.4) is 0 Å². The van der Waals surface area contributed by atoms with E-state index in [1.807, 2.05) is 19.1 Å². The molecule has 0 heterocycles. The van der Waals surface area contributed by atoms with Gasteiger partial charge in [0, 0.05) is 5.69 Å². The molecule has 0 spiro atoms. The van der Waals surface area contributed by atoms with E-state index in [2.05, 4.69) is 21.2 Å². The van der Waals surface area contributed by atoms with Crippen LogP contribution >= 0.6 is 15.9 Å². The van der Waals surface area contributed by atoms with Gasteiger partial charge >= 0.3 is 0 Å².